The van der Waals surface area contributed by atoms with Crippen LogP contribution in [0.1, 0.15) is 36.0 Å². The summed E-state index contributed by atoms with van der Waals surface area (Å²) in [5, 5.41) is 14.4. The number of aliphatic hydroxyl groups is 1. The number of benzene rings is 1. The van der Waals surface area contributed by atoms with Gasteiger partial charge in [0.05, 0.1) is 0 Å². The molecule has 5 heteroatoms. The number of hydrogen-bond donors (Lipinski definition) is 3. The molecule has 2 atom stereocenters. The van der Waals surface area contributed by atoms with Crippen LogP contribution in [-0.2, 0) is 4.79 Å². The first kappa shape index (κ1) is 15.0. The first-order chi connectivity index (χ1) is 10.7. The molecule has 3 N–H and O–H groups in total. The summed E-state index contributed by atoms with van der Waals surface area (Å²) in [6.07, 6.45) is 4.19. The fourth-order valence-corrected chi connectivity index (χ4v) is 3.52. The van der Waals surface area contributed by atoms with E-state index in [1.807, 2.05) is 0 Å². The number of nitrogens with one attached hydrogen (secondary N) is 2. The first-order valence-electron chi connectivity index (χ1n) is 8.00. The van der Waals surface area contributed by atoms with Crippen molar-refractivity contribution in [3.05, 3.63) is 29.8 Å². The van der Waals surface area contributed by atoms with Gasteiger partial charge in [-0.15, -0.1) is 0 Å². The van der Waals surface area contributed by atoms with Gasteiger partial charge in [-0.05, 0) is 55.4 Å². The zero-order valence-corrected chi connectivity index (χ0v) is 12.5. The molecular formula is C17H22N2O3. The third-order valence-electron chi connectivity index (χ3n) is 4.74. The lowest BCUT2D eigenvalue weighted by Crippen LogP contribution is -2.25. The molecule has 0 aliphatic heterocycles. The van der Waals surface area contributed by atoms with Crippen molar-refractivity contribution < 1.29 is 14.7 Å². The standard InChI is InChI=1S/C17H22N2O3/c20-10-2-9-18-16(21)11-5-7-12(8-6-11)19-17(22)15-13-3-1-4-14(13)15/h5-8,13-15,20H,1-4,9-10H2,(H,18,21)(H,19,22). The molecule has 2 saturated carbocycles. The summed E-state index contributed by atoms with van der Waals surface area (Å²) in [4.78, 5) is 24.0. The minimum atomic E-state index is -0.164. The summed E-state index contributed by atoms with van der Waals surface area (Å²) in [5.74, 6) is 1.38. The summed E-state index contributed by atoms with van der Waals surface area (Å²) < 4.78 is 0. The predicted molar refractivity (Wildman–Crippen MR) is 83.4 cm³/mol. The summed E-state index contributed by atoms with van der Waals surface area (Å²) in [7, 11) is 0. The minimum Gasteiger partial charge on any atom is -0.396 e. The molecule has 2 aliphatic carbocycles. The topological polar surface area (TPSA) is 78.4 Å². The number of anilines is 1. The third kappa shape index (κ3) is 3.14. The lowest BCUT2D eigenvalue weighted by Gasteiger charge is -2.08. The number of aliphatic hydroxyl groups excluding tert-OH is 1. The molecule has 0 spiro atoms. The molecule has 2 aliphatic rings. The van der Waals surface area contributed by atoms with Gasteiger partial charge in [0.2, 0.25) is 5.91 Å². The molecule has 3 rings (SSSR count). The van der Waals surface area contributed by atoms with Gasteiger partial charge in [-0.25, -0.2) is 0 Å². The number of fused-ring (bicyclic) bond motifs is 1. The van der Waals surface area contributed by atoms with Crippen molar-refractivity contribution in [3.8, 4) is 0 Å². The molecule has 1 aromatic rings. The van der Waals surface area contributed by atoms with Crippen LogP contribution in [0.4, 0.5) is 5.69 Å². The zero-order valence-electron chi connectivity index (χ0n) is 12.5. The molecule has 2 unspecified atom stereocenters. The Morgan fingerprint density at radius 3 is 2.45 bits per heavy atom. The largest absolute Gasteiger partial charge is 0.396 e. The van der Waals surface area contributed by atoms with Gasteiger partial charge < -0.3 is 15.7 Å². The maximum Gasteiger partial charge on any atom is 0.251 e. The summed E-state index contributed by atoms with van der Waals surface area (Å²) >= 11 is 0. The quantitative estimate of drug-likeness (QED) is 0.701. The normalized spacial score (nSPS) is 25.4. The molecule has 2 amide bonds. The molecule has 0 saturated heterocycles. The molecule has 0 radical (unpaired) electrons. The van der Waals surface area contributed by atoms with Gasteiger partial charge >= 0.3 is 0 Å². The molecular weight excluding hydrogens is 280 g/mol. The van der Waals surface area contributed by atoms with E-state index in [1.54, 1.807) is 24.3 Å². The molecule has 1 aromatic carbocycles. The molecule has 118 valence electrons. The van der Waals surface area contributed by atoms with Crippen LogP contribution < -0.4 is 10.6 Å². The van der Waals surface area contributed by atoms with Gasteiger partial charge in [-0.1, -0.05) is 6.42 Å². The number of rotatable bonds is 6. The Morgan fingerprint density at radius 2 is 1.82 bits per heavy atom. The van der Waals surface area contributed by atoms with E-state index in [2.05, 4.69) is 10.6 Å². The Balaban J connectivity index is 1.51. The lowest BCUT2D eigenvalue weighted by molar-refractivity contribution is -0.118. The van der Waals surface area contributed by atoms with Crippen LogP contribution in [0, 0.1) is 17.8 Å². The highest BCUT2D eigenvalue weighted by atomic mass is 16.3. The molecule has 5 nitrogen and oxygen atoms in total. The second-order valence-corrected chi connectivity index (χ2v) is 6.18. The minimum absolute atomic E-state index is 0.0639. The van der Waals surface area contributed by atoms with Crippen LogP contribution in [0.2, 0.25) is 0 Å². The van der Waals surface area contributed by atoms with Crippen LogP contribution in [0.5, 0.6) is 0 Å². The molecule has 0 bridgehead atoms. The molecule has 22 heavy (non-hydrogen) atoms. The van der Waals surface area contributed by atoms with Crippen LogP contribution in [0.25, 0.3) is 0 Å². The average molecular weight is 302 g/mol. The van der Waals surface area contributed by atoms with Crippen LogP contribution >= 0.6 is 0 Å². The van der Waals surface area contributed by atoms with E-state index < -0.39 is 0 Å². The Morgan fingerprint density at radius 1 is 1.14 bits per heavy atom. The zero-order chi connectivity index (χ0) is 15.5. The number of carbonyl (C=O) groups is 2. The van der Waals surface area contributed by atoms with Crippen LogP contribution in [0.15, 0.2) is 24.3 Å². The highest BCUT2D eigenvalue weighted by Crippen LogP contribution is 2.57. The third-order valence-corrected chi connectivity index (χ3v) is 4.74. The van der Waals surface area contributed by atoms with E-state index in [0.29, 0.717) is 30.4 Å². The Labute approximate surface area is 130 Å². The second-order valence-electron chi connectivity index (χ2n) is 6.18. The van der Waals surface area contributed by atoms with Crippen LogP contribution in [-0.4, -0.2) is 30.1 Å². The van der Waals surface area contributed by atoms with E-state index in [4.69, 9.17) is 5.11 Å². The van der Waals surface area contributed by atoms with Gasteiger partial charge in [0.1, 0.15) is 0 Å². The van der Waals surface area contributed by atoms with E-state index >= 15 is 0 Å². The predicted octanol–water partition coefficient (Wildman–Crippen LogP) is 1.78. The number of hydrogen-bond acceptors (Lipinski definition) is 3. The van der Waals surface area contributed by atoms with Gasteiger partial charge in [0, 0.05) is 30.3 Å². The Hall–Kier alpha value is -1.88. The highest BCUT2D eigenvalue weighted by molar-refractivity contribution is 5.97. The van der Waals surface area contributed by atoms with Crippen molar-refractivity contribution in [2.24, 2.45) is 17.8 Å². The SMILES string of the molecule is O=C(NCCCO)c1ccc(NC(=O)C2C3CCCC32)cc1. The lowest BCUT2D eigenvalue weighted by atomic mass is 10.1. The molecule has 2 fully saturated rings. The summed E-state index contributed by atoms with van der Waals surface area (Å²) in [6, 6.07) is 6.93. The van der Waals surface area contributed by atoms with Crippen molar-refractivity contribution >= 4 is 17.5 Å². The van der Waals surface area contributed by atoms with E-state index in [9.17, 15) is 9.59 Å². The van der Waals surface area contributed by atoms with E-state index in [-0.39, 0.29) is 24.3 Å². The van der Waals surface area contributed by atoms with Crippen molar-refractivity contribution in [1.29, 1.82) is 0 Å². The van der Waals surface area contributed by atoms with Crippen molar-refractivity contribution in [2.75, 3.05) is 18.5 Å². The van der Waals surface area contributed by atoms with E-state index in [0.717, 1.165) is 5.69 Å². The van der Waals surface area contributed by atoms with Gasteiger partial charge in [0.15, 0.2) is 0 Å². The number of carbonyl (C=O) groups excluding carboxylic acids is 2. The first-order valence-corrected chi connectivity index (χ1v) is 8.00. The number of amides is 2. The maximum absolute atomic E-state index is 12.2. The molecule has 0 aromatic heterocycles. The average Bonchev–Trinajstić information content (AvgIpc) is 3.01. The summed E-state index contributed by atoms with van der Waals surface area (Å²) in [6.45, 7) is 0.521. The van der Waals surface area contributed by atoms with Crippen molar-refractivity contribution in [3.63, 3.8) is 0 Å². The fraction of sp³-hybridized carbons (Fsp3) is 0.529. The van der Waals surface area contributed by atoms with Crippen molar-refractivity contribution in [1.82, 2.24) is 5.32 Å². The molecule has 0 heterocycles. The van der Waals surface area contributed by atoms with Crippen LogP contribution in [0.3, 0.4) is 0 Å². The Bertz CT molecular complexity index is 546. The monoisotopic (exact) mass is 302 g/mol. The van der Waals surface area contributed by atoms with Gasteiger partial charge in [-0.3, -0.25) is 9.59 Å². The van der Waals surface area contributed by atoms with Gasteiger partial charge in [0.25, 0.3) is 5.91 Å². The Kier molecular flexibility index (Phi) is 4.43. The second kappa shape index (κ2) is 6.48. The highest BCUT2D eigenvalue weighted by Gasteiger charge is 2.56. The van der Waals surface area contributed by atoms with Gasteiger partial charge in [-0.2, -0.15) is 0 Å². The van der Waals surface area contributed by atoms with E-state index in [1.165, 1.54) is 19.3 Å². The maximum atomic E-state index is 12.2. The smallest absolute Gasteiger partial charge is 0.251 e. The summed E-state index contributed by atoms with van der Waals surface area (Å²) in [5.41, 5.74) is 1.29. The van der Waals surface area contributed by atoms with Crippen molar-refractivity contribution in [2.45, 2.75) is 25.7 Å². The fourth-order valence-electron chi connectivity index (χ4n) is 3.52.